The first-order chi connectivity index (χ1) is 9.78. The molecular formula is C17H23NO3. The highest BCUT2D eigenvalue weighted by Crippen LogP contribution is 2.30. The van der Waals surface area contributed by atoms with Gasteiger partial charge in [-0.1, -0.05) is 36.9 Å². The van der Waals surface area contributed by atoms with Crippen LogP contribution in [-0.2, 0) is 4.74 Å². The number of nitrogens with zero attached hydrogens (tertiary/aromatic N) is 1. The van der Waals surface area contributed by atoms with Gasteiger partial charge in [0.2, 0.25) is 0 Å². The van der Waals surface area contributed by atoms with Gasteiger partial charge in [0.05, 0.1) is 12.6 Å². The van der Waals surface area contributed by atoms with E-state index in [2.05, 4.69) is 6.58 Å². The molecule has 1 saturated heterocycles. The van der Waals surface area contributed by atoms with Crippen molar-refractivity contribution in [3.63, 3.8) is 0 Å². The highest BCUT2D eigenvalue weighted by molar-refractivity contribution is 5.71. The van der Waals surface area contributed by atoms with Crippen molar-refractivity contribution in [3.8, 4) is 0 Å². The zero-order valence-electron chi connectivity index (χ0n) is 12.9. The number of benzene rings is 1. The third-order valence-corrected chi connectivity index (χ3v) is 3.53. The molecule has 1 aliphatic rings. The Kier molecular flexibility index (Phi) is 4.37. The largest absolute Gasteiger partial charge is 0.444 e. The predicted molar refractivity (Wildman–Crippen MR) is 82.8 cm³/mol. The Hall–Kier alpha value is -1.81. The molecule has 114 valence electrons. The SMILES string of the molecule is C=C(c1ccccc1)[C@H]1CN(C(=O)OC(C)(C)C)C[C@H]1O. The summed E-state index contributed by atoms with van der Waals surface area (Å²) in [6.45, 7) is 10.3. The monoisotopic (exact) mass is 289 g/mol. The van der Waals surface area contributed by atoms with Crippen molar-refractivity contribution in [3.05, 3.63) is 42.5 Å². The van der Waals surface area contributed by atoms with Crippen LogP contribution in [0.4, 0.5) is 4.79 Å². The zero-order chi connectivity index (χ0) is 15.6. The molecule has 0 radical (unpaired) electrons. The highest BCUT2D eigenvalue weighted by atomic mass is 16.6. The Morgan fingerprint density at radius 3 is 2.48 bits per heavy atom. The summed E-state index contributed by atoms with van der Waals surface area (Å²) in [5.41, 5.74) is 1.32. The van der Waals surface area contributed by atoms with Gasteiger partial charge in [-0.15, -0.1) is 0 Å². The lowest BCUT2D eigenvalue weighted by molar-refractivity contribution is 0.0270. The molecule has 2 rings (SSSR count). The van der Waals surface area contributed by atoms with Crippen LogP contribution in [0.5, 0.6) is 0 Å². The second-order valence-corrected chi connectivity index (χ2v) is 6.45. The van der Waals surface area contributed by atoms with Crippen LogP contribution in [0.15, 0.2) is 36.9 Å². The molecule has 0 unspecified atom stereocenters. The molecule has 1 N–H and O–H groups in total. The number of carbonyl (C=O) groups is 1. The van der Waals surface area contributed by atoms with Crippen LogP contribution in [0.3, 0.4) is 0 Å². The van der Waals surface area contributed by atoms with Crippen LogP contribution in [-0.4, -0.2) is 40.9 Å². The Morgan fingerprint density at radius 2 is 1.90 bits per heavy atom. The first kappa shape index (κ1) is 15.6. The van der Waals surface area contributed by atoms with E-state index in [1.165, 1.54) is 0 Å². The minimum atomic E-state index is -0.606. The molecule has 2 atom stereocenters. The van der Waals surface area contributed by atoms with Crippen LogP contribution >= 0.6 is 0 Å². The molecule has 0 bridgehead atoms. The van der Waals surface area contributed by atoms with E-state index in [1.807, 2.05) is 51.1 Å². The first-order valence-corrected chi connectivity index (χ1v) is 7.18. The summed E-state index contributed by atoms with van der Waals surface area (Å²) < 4.78 is 5.35. The molecule has 1 amide bonds. The van der Waals surface area contributed by atoms with Crippen LogP contribution in [0.1, 0.15) is 26.3 Å². The van der Waals surface area contributed by atoms with Crippen LogP contribution in [0.25, 0.3) is 5.57 Å². The van der Waals surface area contributed by atoms with Gasteiger partial charge in [0, 0.05) is 12.5 Å². The fourth-order valence-electron chi connectivity index (χ4n) is 2.47. The van der Waals surface area contributed by atoms with Gasteiger partial charge in [-0.2, -0.15) is 0 Å². The molecular weight excluding hydrogens is 266 g/mol. The molecule has 4 nitrogen and oxygen atoms in total. The second-order valence-electron chi connectivity index (χ2n) is 6.45. The number of likely N-dealkylation sites (tertiary alicyclic amines) is 1. The highest BCUT2D eigenvalue weighted by Gasteiger charge is 2.37. The van der Waals surface area contributed by atoms with Crippen molar-refractivity contribution >= 4 is 11.7 Å². The number of carbonyl (C=O) groups excluding carboxylic acids is 1. The second kappa shape index (κ2) is 5.90. The van der Waals surface area contributed by atoms with Gasteiger partial charge in [-0.3, -0.25) is 0 Å². The van der Waals surface area contributed by atoms with Gasteiger partial charge < -0.3 is 14.7 Å². The van der Waals surface area contributed by atoms with Crippen LogP contribution in [0, 0.1) is 5.92 Å². The number of rotatable bonds is 2. The lowest BCUT2D eigenvalue weighted by Crippen LogP contribution is -2.35. The topological polar surface area (TPSA) is 49.8 Å². The molecule has 1 aromatic rings. The summed E-state index contributed by atoms with van der Waals surface area (Å²) in [7, 11) is 0. The quantitative estimate of drug-likeness (QED) is 0.910. The molecule has 0 aliphatic carbocycles. The smallest absolute Gasteiger partial charge is 0.410 e. The van der Waals surface area contributed by atoms with E-state index in [0.717, 1.165) is 11.1 Å². The van der Waals surface area contributed by atoms with E-state index in [9.17, 15) is 9.90 Å². The number of β-amino-alcohol motifs (C(OH)–C–C–N with tert-alkyl or cyclic N) is 1. The van der Waals surface area contributed by atoms with E-state index in [0.29, 0.717) is 6.54 Å². The molecule has 0 aromatic heterocycles. The van der Waals surface area contributed by atoms with E-state index >= 15 is 0 Å². The maximum absolute atomic E-state index is 12.1. The molecule has 0 spiro atoms. The van der Waals surface area contributed by atoms with E-state index < -0.39 is 11.7 Å². The molecule has 1 heterocycles. The summed E-state index contributed by atoms with van der Waals surface area (Å²) >= 11 is 0. The summed E-state index contributed by atoms with van der Waals surface area (Å²) in [6, 6.07) is 9.74. The van der Waals surface area contributed by atoms with Crippen molar-refractivity contribution in [2.75, 3.05) is 13.1 Å². The summed E-state index contributed by atoms with van der Waals surface area (Å²) in [6.07, 6.45) is -0.991. The molecule has 21 heavy (non-hydrogen) atoms. The third-order valence-electron chi connectivity index (χ3n) is 3.53. The first-order valence-electron chi connectivity index (χ1n) is 7.18. The standard InChI is InChI=1S/C17H23NO3/c1-12(13-8-6-5-7-9-13)14-10-18(11-15(14)19)16(20)21-17(2,3)4/h5-9,14-15,19H,1,10-11H2,2-4H3/t14-,15-/m1/s1. The average molecular weight is 289 g/mol. The number of aliphatic hydroxyl groups excluding tert-OH is 1. The molecule has 4 heteroatoms. The van der Waals surface area contributed by atoms with Crippen molar-refractivity contribution in [1.29, 1.82) is 0 Å². The number of hydrogen-bond acceptors (Lipinski definition) is 3. The molecule has 1 aromatic carbocycles. The number of ether oxygens (including phenoxy) is 1. The molecule has 1 aliphatic heterocycles. The fourth-order valence-corrected chi connectivity index (χ4v) is 2.47. The number of hydrogen-bond donors (Lipinski definition) is 1. The van der Waals surface area contributed by atoms with Gasteiger partial charge in [0.25, 0.3) is 0 Å². The van der Waals surface area contributed by atoms with Crippen LogP contribution < -0.4 is 0 Å². The van der Waals surface area contributed by atoms with Crippen LogP contribution in [0.2, 0.25) is 0 Å². The number of aliphatic hydroxyl groups is 1. The summed E-state index contributed by atoms with van der Waals surface area (Å²) in [5, 5.41) is 10.2. The number of amides is 1. The van der Waals surface area contributed by atoms with Crippen molar-refractivity contribution < 1.29 is 14.6 Å². The average Bonchev–Trinajstić information content (AvgIpc) is 2.79. The summed E-state index contributed by atoms with van der Waals surface area (Å²) in [5.74, 6) is -0.153. The lowest BCUT2D eigenvalue weighted by atomic mass is 9.91. The van der Waals surface area contributed by atoms with E-state index in [1.54, 1.807) is 4.90 Å². The van der Waals surface area contributed by atoms with Crippen molar-refractivity contribution in [1.82, 2.24) is 4.90 Å². The maximum Gasteiger partial charge on any atom is 0.410 e. The minimum Gasteiger partial charge on any atom is -0.444 e. The predicted octanol–water partition coefficient (Wildman–Crippen LogP) is 2.93. The van der Waals surface area contributed by atoms with Gasteiger partial charge in [-0.25, -0.2) is 4.79 Å². The lowest BCUT2D eigenvalue weighted by Gasteiger charge is -2.24. The fraction of sp³-hybridized carbons (Fsp3) is 0.471. The summed E-state index contributed by atoms with van der Waals surface area (Å²) in [4.78, 5) is 13.6. The molecule has 1 fully saturated rings. The Bertz CT molecular complexity index is 519. The Labute approximate surface area is 126 Å². The Morgan fingerprint density at radius 1 is 1.29 bits per heavy atom. The Balaban J connectivity index is 2.05. The van der Waals surface area contributed by atoms with Crippen molar-refractivity contribution in [2.24, 2.45) is 5.92 Å². The third kappa shape index (κ3) is 3.85. The maximum atomic E-state index is 12.1. The minimum absolute atomic E-state index is 0.153. The van der Waals surface area contributed by atoms with Crippen molar-refractivity contribution in [2.45, 2.75) is 32.5 Å². The van der Waals surface area contributed by atoms with Gasteiger partial charge in [0.1, 0.15) is 5.60 Å². The normalized spacial score (nSPS) is 22.2. The van der Waals surface area contributed by atoms with Gasteiger partial charge in [-0.05, 0) is 31.9 Å². The van der Waals surface area contributed by atoms with Gasteiger partial charge in [0.15, 0.2) is 0 Å². The van der Waals surface area contributed by atoms with E-state index in [-0.39, 0.29) is 18.6 Å². The van der Waals surface area contributed by atoms with Gasteiger partial charge >= 0.3 is 6.09 Å². The van der Waals surface area contributed by atoms with E-state index in [4.69, 9.17) is 4.74 Å². The zero-order valence-corrected chi connectivity index (χ0v) is 12.9. The molecule has 0 saturated carbocycles.